The third kappa shape index (κ3) is 1.97. The molecule has 1 fully saturated rings. The summed E-state index contributed by atoms with van der Waals surface area (Å²) in [5.41, 5.74) is 0. The van der Waals surface area contributed by atoms with Gasteiger partial charge in [0.05, 0.1) is 0 Å². The number of nitrogens with zero attached hydrogens (tertiary/aromatic N) is 1. The molecule has 1 aliphatic heterocycles. The van der Waals surface area contributed by atoms with Gasteiger partial charge in [-0.15, -0.1) is 0 Å². The zero-order valence-electron chi connectivity index (χ0n) is 7.79. The summed E-state index contributed by atoms with van der Waals surface area (Å²) in [6.07, 6.45) is 3.52. The molecule has 0 aliphatic carbocycles. The maximum Gasteiger partial charge on any atom is 0.320 e. The Morgan fingerprint density at radius 3 is 2.75 bits per heavy atom. The van der Waals surface area contributed by atoms with Crippen molar-refractivity contribution in [3.8, 4) is 0 Å². The molecule has 1 saturated heterocycles. The molecule has 1 rings (SSSR count). The van der Waals surface area contributed by atoms with Crippen LogP contribution in [0.15, 0.2) is 0 Å². The van der Waals surface area contributed by atoms with Crippen LogP contribution in [0.1, 0.15) is 33.1 Å². The molecule has 0 aromatic carbocycles. The van der Waals surface area contributed by atoms with Gasteiger partial charge in [-0.25, -0.2) is 0 Å². The highest BCUT2D eigenvalue weighted by molar-refractivity contribution is 5.72. The van der Waals surface area contributed by atoms with Crippen LogP contribution in [-0.2, 0) is 4.79 Å². The van der Waals surface area contributed by atoms with E-state index in [0.717, 1.165) is 19.4 Å². The van der Waals surface area contributed by atoms with Crippen molar-refractivity contribution in [2.75, 3.05) is 6.54 Å². The standard InChI is InChI=1S/C9H17NO2/c1-7-5-3-4-6-10(7)8(2)9(11)12/h7-8H,3-6H2,1-2H3,(H,11,12)/t7-,8-/m1/s1. The molecule has 2 atom stereocenters. The Bertz CT molecular complexity index is 170. The lowest BCUT2D eigenvalue weighted by Crippen LogP contribution is -2.47. The van der Waals surface area contributed by atoms with E-state index in [9.17, 15) is 4.79 Å². The highest BCUT2D eigenvalue weighted by Gasteiger charge is 2.26. The minimum atomic E-state index is -0.705. The molecular weight excluding hydrogens is 154 g/mol. The van der Waals surface area contributed by atoms with Crippen LogP contribution in [0.25, 0.3) is 0 Å². The molecule has 0 amide bonds. The number of carboxylic acids is 1. The molecule has 3 nitrogen and oxygen atoms in total. The smallest absolute Gasteiger partial charge is 0.320 e. The third-order valence-electron chi connectivity index (χ3n) is 2.71. The molecule has 3 heteroatoms. The molecule has 12 heavy (non-hydrogen) atoms. The van der Waals surface area contributed by atoms with Crippen molar-refractivity contribution in [2.24, 2.45) is 0 Å². The minimum Gasteiger partial charge on any atom is -0.480 e. The minimum absolute atomic E-state index is 0.319. The number of likely N-dealkylation sites (tertiary alicyclic amines) is 1. The van der Waals surface area contributed by atoms with Crippen LogP contribution in [0.5, 0.6) is 0 Å². The quantitative estimate of drug-likeness (QED) is 0.681. The molecule has 0 unspecified atom stereocenters. The molecule has 1 heterocycles. The maximum atomic E-state index is 10.7. The Morgan fingerprint density at radius 1 is 1.58 bits per heavy atom. The van der Waals surface area contributed by atoms with Gasteiger partial charge >= 0.3 is 5.97 Å². The average molecular weight is 171 g/mol. The van der Waals surface area contributed by atoms with Gasteiger partial charge in [0.1, 0.15) is 6.04 Å². The van der Waals surface area contributed by atoms with E-state index in [2.05, 4.69) is 11.8 Å². The van der Waals surface area contributed by atoms with E-state index in [-0.39, 0.29) is 6.04 Å². The Kier molecular flexibility index (Phi) is 3.09. The van der Waals surface area contributed by atoms with Gasteiger partial charge in [-0.05, 0) is 33.2 Å². The molecule has 70 valence electrons. The van der Waals surface area contributed by atoms with Crippen molar-refractivity contribution in [3.05, 3.63) is 0 Å². The highest BCUT2D eigenvalue weighted by Crippen LogP contribution is 2.18. The molecule has 1 N–H and O–H groups in total. The van der Waals surface area contributed by atoms with Gasteiger partial charge in [-0.2, -0.15) is 0 Å². The van der Waals surface area contributed by atoms with E-state index in [4.69, 9.17) is 5.11 Å². The molecule has 1 aliphatic rings. The first-order valence-corrected chi connectivity index (χ1v) is 4.61. The summed E-state index contributed by atoms with van der Waals surface area (Å²) >= 11 is 0. The Balaban J connectivity index is 2.53. The lowest BCUT2D eigenvalue weighted by Gasteiger charge is -2.35. The molecule has 0 saturated carbocycles. The Hall–Kier alpha value is -0.570. The molecule has 0 radical (unpaired) electrons. The second-order valence-corrected chi connectivity index (χ2v) is 3.60. The molecule has 0 aromatic rings. The first-order valence-electron chi connectivity index (χ1n) is 4.61. The fourth-order valence-corrected chi connectivity index (χ4v) is 1.84. The third-order valence-corrected chi connectivity index (χ3v) is 2.71. The Labute approximate surface area is 73.4 Å². The zero-order chi connectivity index (χ0) is 9.14. The van der Waals surface area contributed by atoms with Gasteiger partial charge in [0.2, 0.25) is 0 Å². The van der Waals surface area contributed by atoms with Crippen LogP contribution < -0.4 is 0 Å². The number of carbonyl (C=O) groups is 1. The van der Waals surface area contributed by atoms with Crippen molar-refractivity contribution in [1.82, 2.24) is 4.90 Å². The van der Waals surface area contributed by atoms with E-state index < -0.39 is 5.97 Å². The summed E-state index contributed by atoms with van der Waals surface area (Å²) in [5, 5.41) is 8.81. The number of hydrogen-bond donors (Lipinski definition) is 1. The highest BCUT2D eigenvalue weighted by atomic mass is 16.4. The lowest BCUT2D eigenvalue weighted by atomic mass is 10.0. The topological polar surface area (TPSA) is 40.5 Å². The van der Waals surface area contributed by atoms with Crippen LogP contribution in [0.3, 0.4) is 0 Å². The lowest BCUT2D eigenvalue weighted by molar-refractivity contribution is -0.144. The molecule has 0 bridgehead atoms. The van der Waals surface area contributed by atoms with Gasteiger partial charge in [0.25, 0.3) is 0 Å². The number of hydrogen-bond acceptors (Lipinski definition) is 2. The van der Waals surface area contributed by atoms with E-state index >= 15 is 0 Å². The van der Waals surface area contributed by atoms with Gasteiger partial charge < -0.3 is 5.11 Å². The van der Waals surface area contributed by atoms with E-state index in [0.29, 0.717) is 6.04 Å². The first-order chi connectivity index (χ1) is 5.63. The molecule has 0 aromatic heterocycles. The van der Waals surface area contributed by atoms with Gasteiger partial charge in [-0.1, -0.05) is 6.42 Å². The maximum absolute atomic E-state index is 10.7. The fourth-order valence-electron chi connectivity index (χ4n) is 1.84. The van der Waals surface area contributed by atoms with E-state index in [1.165, 1.54) is 6.42 Å². The second kappa shape index (κ2) is 3.90. The van der Waals surface area contributed by atoms with Crippen molar-refractivity contribution in [3.63, 3.8) is 0 Å². The fraction of sp³-hybridized carbons (Fsp3) is 0.889. The van der Waals surface area contributed by atoms with Crippen molar-refractivity contribution < 1.29 is 9.90 Å². The van der Waals surface area contributed by atoms with Crippen LogP contribution in [0.4, 0.5) is 0 Å². The average Bonchev–Trinajstić information content (AvgIpc) is 2.04. The van der Waals surface area contributed by atoms with Crippen molar-refractivity contribution in [2.45, 2.75) is 45.2 Å². The summed E-state index contributed by atoms with van der Waals surface area (Å²) in [6, 6.07) is 0.116. The van der Waals surface area contributed by atoms with Crippen LogP contribution in [0, 0.1) is 0 Å². The summed E-state index contributed by atoms with van der Waals surface area (Å²) in [4.78, 5) is 12.8. The predicted molar refractivity (Wildman–Crippen MR) is 47.1 cm³/mol. The summed E-state index contributed by atoms with van der Waals surface area (Å²) in [6.45, 7) is 4.82. The zero-order valence-corrected chi connectivity index (χ0v) is 7.79. The summed E-state index contributed by atoms with van der Waals surface area (Å²) in [7, 11) is 0. The van der Waals surface area contributed by atoms with Crippen molar-refractivity contribution in [1.29, 1.82) is 0 Å². The largest absolute Gasteiger partial charge is 0.480 e. The van der Waals surface area contributed by atoms with Gasteiger partial charge in [-0.3, -0.25) is 9.69 Å². The van der Waals surface area contributed by atoms with Crippen molar-refractivity contribution >= 4 is 5.97 Å². The molecular formula is C9H17NO2. The predicted octanol–water partition coefficient (Wildman–Crippen LogP) is 1.33. The summed E-state index contributed by atoms with van der Waals surface area (Å²) in [5.74, 6) is -0.705. The van der Waals surface area contributed by atoms with Gasteiger partial charge in [0.15, 0.2) is 0 Å². The van der Waals surface area contributed by atoms with Crippen LogP contribution >= 0.6 is 0 Å². The van der Waals surface area contributed by atoms with E-state index in [1.54, 1.807) is 6.92 Å². The number of piperidine rings is 1. The van der Waals surface area contributed by atoms with Gasteiger partial charge in [0, 0.05) is 6.04 Å². The monoisotopic (exact) mass is 171 g/mol. The normalized spacial score (nSPS) is 28.3. The second-order valence-electron chi connectivity index (χ2n) is 3.60. The van der Waals surface area contributed by atoms with Crippen LogP contribution in [0.2, 0.25) is 0 Å². The molecule has 0 spiro atoms. The summed E-state index contributed by atoms with van der Waals surface area (Å²) < 4.78 is 0. The number of carboxylic acid groups (broad SMARTS) is 1. The first kappa shape index (κ1) is 9.52. The number of aliphatic carboxylic acids is 1. The van der Waals surface area contributed by atoms with Crippen LogP contribution in [-0.4, -0.2) is 34.6 Å². The van der Waals surface area contributed by atoms with E-state index in [1.807, 2.05) is 0 Å². The Morgan fingerprint density at radius 2 is 2.25 bits per heavy atom. The SMILES string of the molecule is C[C@@H]1CCCCN1[C@H](C)C(=O)O. The number of rotatable bonds is 2.